The number of hydrogen-bond donors (Lipinski definition) is 3. The Morgan fingerprint density at radius 3 is 2.69 bits per heavy atom. The van der Waals surface area contributed by atoms with Crippen molar-refractivity contribution in [1.29, 1.82) is 0 Å². The number of carbonyl (C=O) groups is 1. The van der Waals surface area contributed by atoms with Gasteiger partial charge in [-0.2, -0.15) is 0 Å². The summed E-state index contributed by atoms with van der Waals surface area (Å²) >= 11 is 0. The molecule has 2 aromatic carbocycles. The Kier molecular flexibility index (Phi) is 8.91. The highest BCUT2D eigenvalue weighted by Gasteiger charge is 2.08. The molecule has 2 aromatic rings. The van der Waals surface area contributed by atoms with E-state index in [9.17, 15) is 9.18 Å². The van der Waals surface area contributed by atoms with Gasteiger partial charge < -0.3 is 25.4 Å². The number of benzene rings is 2. The Morgan fingerprint density at radius 2 is 1.97 bits per heavy atom. The van der Waals surface area contributed by atoms with Gasteiger partial charge in [-0.3, -0.25) is 9.79 Å². The number of rotatable bonds is 9. The maximum Gasteiger partial charge on any atom is 0.243 e. The van der Waals surface area contributed by atoms with Gasteiger partial charge in [0.25, 0.3) is 0 Å². The maximum absolute atomic E-state index is 13.2. The number of halogens is 1. The fraction of sp³-hybridized carbons (Fsp3) is 0.333. The average Bonchev–Trinajstić information content (AvgIpc) is 2.69. The number of guanidine groups is 1. The molecule has 0 bridgehead atoms. The van der Waals surface area contributed by atoms with E-state index in [1.165, 1.54) is 18.2 Å². The van der Waals surface area contributed by atoms with Gasteiger partial charge in [0.05, 0.1) is 13.2 Å². The molecule has 0 atom stereocenters. The second kappa shape index (κ2) is 11.7. The van der Waals surface area contributed by atoms with Crippen LogP contribution in [0.3, 0.4) is 0 Å². The number of carbonyl (C=O) groups excluding carboxylic acids is 1. The fourth-order valence-electron chi connectivity index (χ4n) is 2.51. The van der Waals surface area contributed by atoms with Crippen molar-refractivity contribution >= 4 is 17.6 Å². The second-order valence-electron chi connectivity index (χ2n) is 6.29. The highest BCUT2D eigenvalue weighted by atomic mass is 19.1. The minimum absolute atomic E-state index is 0.0126. The molecule has 156 valence electrons. The van der Waals surface area contributed by atoms with Crippen molar-refractivity contribution in [3.8, 4) is 5.75 Å². The summed E-state index contributed by atoms with van der Waals surface area (Å²) in [5.74, 6) is 0.518. The van der Waals surface area contributed by atoms with Crippen molar-refractivity contribution in [2.75, 3.05) is 39.2 Å². The molecular weight excluding hydrogens is 375 g/mol. The highest BCUT2D eigenvalue weighted by molar-refractivity contribution is 5.94. The van der Waals surface area contributed by atoms with Crippen molar-refractivity contribution in [3.05, 3.63) is 59.4 Å². The molecule has 1 amide bonds. The van der Waals surface area contributed by atoms with E-state index in [1.807, 2.05) is 25.1 Å². The minimum Gasteiger partial charge on any atom is -0.491 e. The predicted molar refractivity (Wildman–Crippen MR) is 112 cm³/mol. The van der Waals surface area contributed by atoms with Crippen LogP contribution in [0.4, 0.5) is 10.1 Å². The van der Waals surface area contributed by atoms with Crippen LogP contribution in [0.2, 0.25) is 0 Å². The number of anilines is 1. The lowest BCUT2D eigenvalue weighted by atomic mass is 10.1. The molecule has 0 spiro atoms. The van der Waals surface area contributed by atoms with E-state index in [4.69, 9.17) is 9.47 Å². The summed E-state index contributed by atoms with van der Waals surface area (Å²) in [5.41, 5.74) is 2.45. The van der Waals surface area contributed by atoms with E-state index in [0.717, 1.165) is 16.9 Å². The molecule has 0 aliphatic rings. The Balaban J connectivity index is 1.86. The summed E-state index contributed by atoms with van der Waals surface area (Å²) < 4.78 is 24.0. The Hall–Kier alpha value is -3.13. The summed E-state index contributed by atoms with van der Waals surface area (Å²) in [7, 11) is 3.24. The molecule has 0 saturated heterocycles. The van der Waals surface area contributed by atoms with Crippen molar-refractivity contribution in [2.24, 2.45) is 4.99 Å². The molecule has 0 saturated carbocycles. The first-order valence-electron chi connectivity index (χ1n) is 9.23. The van der Waals surface area contributed by atoms with E-state index < -0.39 is 5.82 Å². The van der Waals surface area contributed by atoms with E-state index in [0.29, 0.717) is 31.4 Å². The van der Waals surface area contributed by atoms with Gasteiger partial charge in [0, 0.05) is 32.0 Å². The number of ether oxygens (including phenoxy) is 2. The zero-order valence-corrected chi connectivity index (χ0v) is 16.9. The van der Waals surface area contributed by atoms with Gasteiger partial charge in [0.1, 0.15) is 18.2 Å². The summed E-state index contributed by atoms with van der Waals surface area (Å²) in [5, 5.41) is 8.71. The number of aryl methyl sites for hydroxylation is 1. The molecule has 2 rings (SSSR count). The molecule has 0 radical (unpaired) electrons. The fourth-order valence-corrected chi connectivity index (χ4v) is 2.51. The molecule has 0 aliphatic heterocycles. The van der Waals surface area contributed by atoms with E-state index in [1.54, 1.807) is 20.2 Å². The summed E-state index contributed by atoms with van der Waals surface area (Å²) in [6.07, 6.45) is 0. The largest absolute Gasteiger partial charge is 0.491 e. The van der Waals surface area contributed by atoms with Crippen molar-refractivity contribution in [1.82, 2.24) is 10.6 Å². The smallest absolute Gasteiger partial charge is 0.243 e. The van der Waals surface area contributed by atoms with Gasteiger partial charge in [0.2, 0.25) is 5.91 Å². The van der Waals surface area contributed by atoms with Gasteiger partial charge in [-0.25, -0.2) is 4.39 Å². The first-order valence-corrected chi connectivity index (χ1v) is 9.23. The quantitative estimate of drug-likeness (QED) is 0.341. The average molecular weight is 402 g/mol. The Bertz CT molecular complexity index is 842. The topological polar surface area (TPSA) is 84.0 Å². The number of hydrogen-bond acceptors (Lipinski definition) is 4. The van der Waals surface area contributed by atoms with Crippen LogP contribution in [0.5, 0.6) is 5.75 Å². The maximum atomic E-state index is 13.2. The van der Waals surface area contributed by atoms with Gasteiger partial charge in [-0.15, -0.1) is 0 Å². The monoisotopic (exact) mass is 402 g/mol. The molecule has 7 nitrogen and oxygen atoms in total. The van der Waals surface area contributed by atoms with Gasteiger partial charge in [0.15, 0.2) is 5.96 Å². The zero-order chi connectivity index (χ0) is 21.1. The normalized spacial score (nSPS) is 11.1. The Morgan fingerprint density at radius 1 is 1.14 bits per heavy atom. The van der Waals surface area contributed by atoms with Crippen LogP contribution >= 0.6 is 0 Å². The van der Waals surface area contributed by atoms with E-state index in [-0.39, 0.29) is 12.5 Å². The zero-order valence-electron chi connectivity index (χ0n) is 16.9. The molecule has 29 heavy (non-hydrogen) atoms. The van der Waals surface area contributed by atoms with Crippen molar-refractivity contribution in [2.45, 2.75) is 13.5 Å². The first kappa shape index (κ1) is 22.2. The van der Waals surface area contributed by atoms with E-state index in [2.05, 4.69) is 20.9 Å². The third-order valence-corrected chi connectivity index (χ3v) is 3.96. The molecule has 0 fully saturated rings. The number of nitrogens with one attached hydrogen (secondary N) is 3. The number of methoxy groups -OCH3 is 1. The minimum atomic E-state index is -0.408. The van der Waals surface area contributed by atoms with Gasteiger partial charge in [-0.1, -0.05) is 18.2 Å². The molecule has 3 N–H and O–H groups in total. The number of amides is 1. The molecule has 0 heterocycles. The predicted octanol–water partition coefficient (Wildman–Crippen LogP) is 2.46. The summed E-state index contributed by atoms with van der Waals surface area (Å²) in [6.45, 7) is 3.41. The van der Waals surface area contributed by atoms with Crippen LogP contribution in [0.25, 0.3) is 0 Å². The van der Waals surface area contributed by atoms with Crippen LogP contribution in [0, 0.1) is 12.7 Å². The SMILES string of the molecule is CN=C(NCC(=O)Nc1cccc(F)c1)NCc1ccc(C)cc1OCCOC. The van der Waals surface area contributed by atoms with Crippen LogP contribution in [0.15, 0.2) is 47.5 Å². The summed E-state index contributed by atoms with van der Waals surface area (Å²) in [4.78, 5) is 16.2. The molecular formula is C21H27FN4O3. The lowest BCUT2D eigenvalue weighted by molar-refractivity contribution is -0.115. The molecule has 0 unspecified atom stereocenters. The van der Waals surface area contributed by atoms with Gasteiger partial charge >= 0.3 is 0 Å². The first-order chi connectivity index (χ1) is 14.0. The standard InChI is InChI=1S/C21H27FN4O3/c1-15-7-8-16(19(11-15)29-10-9-28-3)13-24-21(23-2)25-14-20(27)26-18-6-4-5-17(22)12-18/h4-8,11-12H,9-10,13-14H2,1-3H3,(H,26,27)(H2,23,24,25). The number of nitrogens with zero attached hydrogens (tertiary/aromatic N) is 1. The second-order valence-corrected chi connectivity index (χ2v) is 6.29. The lowest BCUT2D eigenvalue weighted by Crippen LogP contribution is -2.41. The van der Waals surface area contributed by atoms with Gasteiger partial charge in [-0.05, 0) is 36.8 Å². The van der Waals surface area contributed by atoms with Crippen LogP contribution in [0.1, 0.15) is 11.1 Å². The Labute approximate surface area is 170 Å². The van der Waals surface area contributed by atoms with Crippen molar-refractivity contribution < 1.29 is 18.7 Å². The van der Waals surface area contributed by atoms with Crippen LogP contribution in [-0.2, 0) is 16.1 Å². The van der Waals surface area contributed by atoms with Crippen LogP contribution in [-0.4, -0.2) is 45.8 Å². The molecule has 0 aliphatic carbocycles. The number of aliphatic imine (C=N–C) groups is 1. The molecule has 8 heteroatoms. The summed E-state index contributed by atoms with van der Waals surface area (Å²) in [6, 6.07) is 11.7. The highest BCUT2D eigenvalue weighted by Crippen LogP contribution is 2.20. The third kappa shape index (κ3) is 7.79. The van der Waals surface area contributed by atoms with Crippen LogP contribution < -0.4 is 20.7 Å². The lowest BCUT2D eigenvalue weighted by Gasteiger charge is -2.15. The third-order valence-electron chi connectivity index (χ3n) is 3.96. The van der Waals surface area contributed by atoms with E-state index >= 15 is 0 Å². The molecule has 0 aromatic heterocycles. The van der Waals surface area contributed by atoms with Crippen molar-refractivity contribution in [3.63, 3.8) is 0 Å².